The molecule has 0 aliphatic rings. The lowest BCUT2D eigenvalue weighted by Gasteiger charge is -2.15. The van der Waals surface area contributed by atoms with Gasteiger partial charge in [0, 0.05) is 6.54 Å². The molecule has 1 heterocycles. The molecule has 0 fully saturated rings. The van der Waals surface area contributed by atoms with Crippen molar-refractivity contribution >= 4 is 23.6 Å². The second kappa shape index (κ2) is 9.62. The third-order valence-corrected chi connectivity index (χ3v) is 5.03. The van der Waals surface area contributed by atoms with E-state index in [0.717, 1.165) is 14.7 Å². The summed E-state index contributed by atoms with van der Waals surface area (Å²) in [5, 5.41) is 18.6. The molecule has 0 saturated heterocycles. The minimum Gasteiger partial charge on any atom is -0.478 e. The van der Waals surface area contributed by atoms with Crippen molar-refractivity contribution in [3.8, 4) is 6.07 Å². The number of carbonyl (C=O) groups excluding carboxylic acids is 1. The summed E-state index contributed by atoms with van der Waals surface area (Å²) in [4.78, 5) is 50.0. The van der Waals surface area contributed by atoms with Gasteiger partial charge in [-0.2, -0.15) is 5.26 Å². The molecule has 0 amide bonds. The Kier molecular flexibility index (Phi) is 6.69. The fraction of sp³-hybridized carbons (Fsp3) is 0.125. The van der Waals surface area contributed by atoms with Crippen LogP contribution in [0.3, 0.4) is 0 Å². The van der Waals surface area contributed by atoms with E-state index in [9.17, 15) is 24.4 Å². The van der Waals surface area contributed by atoms with Crippen LogP contribution in [0.25, 0.3) is 6.08 Å². The van der Waals surface area contributed by atoms with Crippen LogP contribution in [-0.4, -0.2) is 26.0 Å². The maximum Gasteiger partial charge on any atom is 0.335 e. The molecule has 166 valence electrons. The Hall–Kier alpha value is -4.71. The van der Waals surface area contributed by atoms with Gasteiger partial charge in [0.25, 0.3) is 5.56 Å². The Bertz CT molecular complexity index is 1410. The number of hydrogen-bond donors (Lipinski definition) is 2. The number of ketones is 1. The molecule has 9 nitrogen and oxygen atoms in total. The number of allylic oxidation sites excluding steroid dienone is 1. The topological polar surface area (TPSA) is 148 Å². The van der Waals surface area contributed by atoms with Gasteiger partial charge in [0.15, 0.2) is 0 Å². The van der Waals surface area contributed by atoms with Gasteiger partial charge in [-0.15, -0.1) is 0 Å². The normalized spacial score (nSPS) is 11.1. The largest absolute Gasteiger partial charge is 0.478 e. The molecule has 3 rings (SSSR count). The fourth-order valence-corrected chi connectivity index (χ4v) is 3.30. The molecule has 0 spiro atoms. The lowest BCUT2D eigenvalue weighted by molar-refractivity contribution is 0.0696. The van der Waals surface area contributed by atoms with Gasteiger partial charge in [0.1, 0.15) is 23.0 Å². The molecule has 0 atom stereocenters. The average Bonchev–Trinajstić information content (AvgIpc) is 2.81. The first-order valence-corrected chi connectivity index (χ1v) is 9.95. The van der Waals surface area contributed by atoms with Crippen molar-refractivity contribution in [3.63, 3.8) is 0 Å². The molecule has 0 saturated carbocycles. The average molecular weight is 444 g/mol. The highest BCUT2D eigenvalue weighted by Crippen LogP contribution is 2.16. The first kappa shape index (κ1) is 23.0. The summed E-state index contributed by atoms with van der Waals surface area (Å²) in [7, 11) is 0. The summed E-state index contributed by atoms with van der Waals surface area (Å²) >= 11 is 0. The van der Waals surface area contributed by atoms with Crippen LogP contribution in [0.5, 0.6) is 0 Å². The van der Waals surface area contributed by atoms with E-state index in [4.69, 9.17) is 10.8 Å². The Morgan fingerprint density at radius 1 is 1.06 bits per heavy atom. The van der Waals surface area contributed by atoms with Gasteiger partial charge in [-0.25, -0.2) is 9.59 Å². The number of rotatable bonds is 7. The quantitative estimate of drug-likeness (QED) is 0.322. The standard InChI is InChI=1S/C24H20N4O5/c1-2-27-22(30)19(21(26)28(24(27)33)14-16-6-4-3-5-7-16)20(29)18(13-25)12-15-8-10-17(11-9-15)23(31)32/h3-12H,2,14,26H2,1H3,(H,31,32)/b18-12-. The minimum atomic E-state index is -1.12. The van der Waals surface area contributed by atoms with Gasteiger partial charge < -0.3 is 10.8 Å². The summed E-state index contributed by atoms with van der Waals surface area (Å²) in [6.07, 6.45) is 1.23. The van der Waals surface area contributed by atoms with Gasteiger partial charge in [-0.3, -0.25) is 18.7 Å². The lowest BCUT2D eigenvalue weighted by Crippen LogP contribution is -2.44. The molecular weight excluding hydrogens is 424 g/mol. The van der Waals surface area contributed by atoms with Crippen LogP contribution in [0.4, 0.5) is 5.82 Å². The second-order valence-corrected chi connectivity index (χ2v) is 7.09. The van der Waals surface area contributed by atoms with Crippen molar-refractivity contribution in [2.75, 3.05) is 5.73 Å². The zero-order chi connectivity index (χ0) is 24.1. The van der Waals surface area contributed by atoms with Crippen molar-refractivity contribution in [2.24, 2.45) is 0 Å². The highest BCUT2D eigenvalue weighted by Gasteiger charge is 2.25. The van der Waals surface area contributed by atoms with Crippen molar-refractivity contribution in [2.45, 2.75) is 20.0 Å². The van der Waals surface area contributed by atoms with Crippen LogP contribution in [0, 0.1) is 11.3 Å². The van der Waals surface area contributed by atoms with Gasteiger partial charge in [-0.05, 0) is 36.3 Å². The van der Waals surface area contributed by atoms with E-state index in [1.165, 1.54) is 30.3 Å². The maximum absolute atomic E-state index is 13.2. The Morgan fingerprint density at radius 2 is 1.70 bits per heavy atom. The number of carboxylic acids is 1. The Balaban J connectivity index is 2.13. The highest BCUT2D eigenvalue weighted by atomic mass is 16.4. The minimum absolute atomic E-state index is 0.00919. The molecule has 3 aromatic rings. The van der Waals surface area contributed by atoms with E-state index in [1.807, 2.05) is 6.07 Å². The van der Waals surface area contributed by atoms with Crippen LogP contribution in [-0.2, 0) is 13.1 Å². The molecule has 0 radical (unpaired) electrons. The summed E-state index contributed by atoms with van der Waals surface area (Å²) in [6.45, 7) is 1.63. The number of aromatic nitrogens is 2. The number of Topliss-reactive ketones (excluding diaryl/α,β-unsaturated/α-hetero) is 1. The van der Waals surface area contributed by atoms with E-state index in [2.05, 4.69) is 0 Å². The van der Waals surface area contributed by atoms with Crippen molar-refractivity contribution in [1.29, 1.82) is 5.26 Å². The Labute approximate surface area is 188 Å². The van der Waals surface area contributed by atoms with E-state index in [-0.39, 0.29) is 30.0 Å². The summed E-state index contributed by atoms with van der Waals surface area (Å²) in [6, 6.07) is 16.2. The lowest BCUT2D eigenvalue weighted by atomic mass is 10.0. The summed E-state index contributed by atoms with van der Waals surface area (Å²) in [5.41, 5.74) is 4.90. The number of carboxylic acid groups (broad SMARTS) is 1. The second-order valence-electron chi connectivity index (χ2n) is 7.09. The first-order chi connectivity index (χ1) is 15.8. The first-order valence-electron chi connectivity index (χ1n) is 9.95. The maximum atomic E-state index is 13.2. The fourth-order valence-electron chi connectivity index (χ4n) is 3.30. The van der Waals surface area contributed by atoms with Crippen LogP contribution in [0.15, 0.2) is 69.8 Å². The molecule has 9 heteroatoms. The number of nitrogens with two attached hydrogens (primary N) is 1. The van der Waals surface area contributed by atoms with Crippen molar-refractivity contribution < 1.29 is 14.7 Å². The molecular formula is C24H20N4O5. The van der Waals surface area contributed by atoms with Crippen molar-refractivity contribution in [3.05, 3.63) is 103 Å². The highest BCUT2D eigenvalue weighted by molar-refractivity contribution is 6.16. The summed E-state index contributed by atoms with van der Waals surface area (Å²) in [5.74, 6) is -2.37. The van der Waals surface area contributed by atoms with Crippen LogP contribution in [0.2, 0.25) is 0 Å². The van der Waals surface area contributed by atoms with Crippen LogP contribution in [0.1, 0.15) is 38.8 Å². The number of anilines is 1. The number of carbonyl (C=O) groups is 2. The van der Waals surface area contributed by atoms with E-state index >= 15 is 0 Å². The molecule has 0 aliphatic carbocycles. The Morgan fingerprint density at radius 3 is 2.24 bits per heavy atom. The number of aromatic carboxylic acids is 1. The van der Waals surface area contributed by atoms with Gasteiger partial charge in [0.2, 0.25) is 5.78 Å². The zero-order valence-corrected chi connectivity index (χ0v) is 17.7. The number of nitriles is 1. The van der Waals surface area contributed by atoms with Gasteiger partial charge >= 0.3 is 11.7 Å². The number of hydrogen-bond acceptors (Lipinski definition) is 6. The monoisotopic (exact) mass is 444 g/mol. The van der Waals surface area contributed by atoms with Crippen LogP contribution >= 0.6 is 0 Å². The molecule has 3 N–H and O–H groups in total. The van der Waals surface area contributed by atoms with E-state index in [1.54, 1.807) is 37.3 Å². The third kappa shape index (κ3) is 4.65. The number of nitrogen functional groups attached to an aromatic ring is 1. The molecule has 33 heavy (non-hydrogen) atoms. The summed E-state index contributed by atoms with van der Waals surface area (Å²) < 4.78 is 2.02. The predicted molar refractivity (Wildman–Crippen MR) is 122 cm³/mol. The molecule has 0 bridgehead atoms. The molecule has 0 unspecified atom stereocenters. The predicted octanol–water partition coefficient (Wildman–Crippen LogP) is 2.15. The van der Waals surface area contributed by atoms with E-state index in [0.29, 0.717) is 5.56 Å². The number of nitrogens with zero attached hydrogens (tertiary/aromatic N) is 3. The molecule has 1 aromatic heterocycles. The van der Waals surface area contributed by atoms with E-state index < -0.39 is 28.6 Å². The smallest absolute Gasteiger partial charge is 0.335 e. The molecule has 0 aliphatic heterocycles. The number of benzene rings is 2. The third-order valence-electron chi connectivity index (χ3n) is 5.03. The molecule has 2 aromatic carbocycles. The van der Waals surface area contributed by atoms with Crippen LogP contribution < -0.4 is 17.0 Å². The van der Waals surface area contributed by atoms with Gasteiger partial charge in [0.05, 0.1) is 12.1 Å². The SMILES string of the molecule is CCn1c(=O)c(C(=O)/C(C#N)=C\c2ccc(C(=O)O)cc2)c(N)n(Cc2ccccc2)c1=O. The van der Waals surface area contributed by atoms with Gasteiger partial charge in [-0.1, -0.05) is 42.5 Å². The zero-order valence-electron chi connectivity index (χ0n) is 17.7. The van der Waals surface area contributed by atoms with Crippen molar-refractivity contribution in [1.82, 2.24) is 9.13 Å².